The lowest BCUT2D eigenvalue weighted by molar-refractivity contribution is -0.123. The Balaban J connectivity index is 1.94. The summed E-state index contributed by atoms with van der Waals surface area (Å²) in [5.74, 6) is 0.128. The average molecular weight is 272 g/mol. The third-order valence-corrected chi connectivity index (χ3v) is 4.64. The van der Waals surface area contributed by atoms with E-state index in [4.69, 9.17) is 5.73 Å². The van der Waals surface area contributed by atoms with Crippen LogP contribution in [0.5, 0.6) is 0 Å². The van der Waals surface area contributed by atoms with Crippen molar-refractivity contribution in [3.63, 3.8) is 0 Å². The van der Waals surface area contributed by atoms with Crippen molar-refractivity contribution < 1.29 is 9.59 Å². The Hall–Kier alpha value is -1.84. The standard InChI is InChI=1S/C16H20N2O2/c1-3-10-4-5-11(8-14(10)17)18-15(19)12-6-9(2)7-13(12)16(18)20/h4-5,8-9,12-13H,3,6-7,17H2,1-2H3. The maximum absolute atomic E-state index is 12.5. The van der Waals surface area contributed by atoms with Gasteiger partial charge in [-0.25, -0.2) is 4.90 Å². The van der Waals surface area contributed by atoms with Crippen molar-refractivity contribution in [3.8, 4) is 0 Å². The number of benzene rings is 1. The molecule has 1 aliphatic carbocycles. The van der Waals surface area contributed by atoms with Crippen LogP contribution in [0.15, 0.2) is 18.2 Å². The zero-order chi connectivity index (χ0) is 14.4. The Labute approximate surface area is 118 Å². The molecule has 1 aromatic carbocycles. The molecule has 1 heterocycles. The summed E-state index contributed by atoms with van der Waals surface area (Å²) in [5.41, 5.74) is 8.29. The lowest BCUT2D eigenvalue weighted by atomic mass is 10.00. The molecule has 106 valence electrons. The summed E-state index contributed by atoms with van der Waals surface area (Å²) in [6, 6.07) is 5.48. The molecular weight excluding hydrogens is 252 g/mol. The fourth-order valence-electron chi connectivity index (χ4n) is 3.58. The van der Waals surface area contributed by atoms with E-state index < -0.39 is 0 Å². The molecule has 1 saturated carbocycles. The second-order valence-corrected chi connectivity index (χ2v) is 6.04. The van der Waals surface area contributed by atoms with Crippen LogP contribution in [-0.4, -0.2) is 11.8 Å². The number of carbonyl (C=O) groups excluding carboxylic acids is 2. The van der Waals surface area contributed by atoms with E-state index in [1.165, 1.54) is 4.90 Å². The van der Waals surface area contributed by atoms with Gasteiger partial charge in [0.2, 0.25) is 11.8 Å². The quantitative estimate of drug-likeness (QED) is 0.664. The zero-order valence-corrected chi connectivity index (χ0v) is 11.9. The highest BCUT2D eigenvalue weighted by atomic mass is 16.2. The third kappa shape index (κ3) is 1.82. The molecule has 1 aliphatic heterocycles. The van der Waals surface area contributed by atoms with Crippen molar-refractivity contribution in [2.45, 2.75) is 33.1 Å². The van der Waals surface area contributed by atoms with Crippen LogP contribution in [0.2, 0.25) is 0 Å². The number of imide groups is 1. The van der Waals surface area contributed by atoms with Crippen molar-refractivity contribution >= 4 is 23.2 Å². The van der Waals surface area contributed by atoms with E-state index in [2.05, 4.69) is 6.92 Å². The highest BCUT2D eigenvalue weighted by molar-refractivity contribution is 6.22. The minimum atomic E-state index is -0.121. The minimum absolute atomic E-state index is 0.0481. The highest BCUT2D eigenvalue weighted by Gasteiger charge is 2.52. The lowest BCUT2D eigenvalue weighted by Gasteiger charge is -2.18. The van der Waals surface area contributed by atoms with E-state index in [0.717, 1.165) is 24.8 Å². The maximum Gasteiger partial charge on any atom is 0.237 e. The summed E-state index contributed by atoms with van der Waals surface area (Å²) in [5, 5.41) is 0. The van der Waals surface area contributed by atoms with Gasteiger partial charge in [-0.05, 0) is 42.9 Å². The number of anilines is 2. The van der Waals surface area contributed by atoms with Crippen LogP contribution in [0.25, 0.3) is 0 Å². The summed E-state index contributed by atoms with van der Waals surface area (Å²) in [7, 11) is 0. The molecular formula is C16H20N2O2. The number of nitrogens with zero attached hydrogens (tertiary/aromatic N) is 1. The van der Waals surface area contributed by atoms with Crippen LogP contribution in [0.3, 0.4) is 0 Å². The van der Waals surface area contributed by atoms with Crippen LogP contribution >= 0.6 is 0 Å². The number of nitrogens with two attached hydrogens (primary N) is 1. The summed E-state index contributed by atoms with van der Waals surface area (Å²) in [4.78, 5) is 26.3. The molecule has 0 bridgehead atoms. The van der Waals surface area contributed by atoms with Crippen molar-refractivity contribution in [1.29, 1.82) is 0 Å². The Morgan fingerprint density at radius 1 is 1.20 bits per heavy atom. The average Bonchev–Trinajstić information content (AvgIpc) is 2.89. The predicted molar refractivity (Wildman–Crippen MR) is 78.1 cm³/mol. The normalized spacial score (nSPS) is 29.1. The topological polar surface area (TPSA) is 63.4 Å². The van der Waals surface area contributed by atoms with Crippen molar-refractivity contribution in [2.75, 3.05) is 10.6 Å². The summed E-state index contributed by atoms with van der Waals surface area (Å²) in [6.45, 7) is 4.14. The molecule has 1 saturated heterocycles. The molecule has 20 heavy (non-hydrogen) atoms. The molecule has 2 fully saturated rings. The molecule has 2 atom stereocenters. The first-order chi connectivity index (χ1) is 9.52. The number of nitrogen functional groups attached to an aromatic ring is 1. The van der Waals surface area contributed by atoms with E-state index in [0.29, 0.717) is 17.3 Å². The first kappa shape index (κ1) is 13.2. The maximum atomic E-state index is 12.5. The molecule has 1 aromatic rings. The van der Waals surface area contributed by atoms with Gasteiger partial charge < -0.3 is 5.73 Å². The number of amides is 2. The zero-order valence-electron chi connectivity index (χ0n) is 11.9. The third-order valence-electron chi connectivity index (χ3n) is 4.64. The van der Waals surface area contributed by atoms with Gasteiger partial charge in [-0.15, -0.1) is 0 Å². The van der Waals surface area contributed by atoms with Gasteiger partial charge in [0.1, 0.15) is 0 Å². The molecule has 0 radical (unpaired) electrons. The smallest absolute Gasteiger partial charge is 0.237 e. The number of rotatable bonds is 2. The van der Waals surface area contributed by atoms with Crippen molar-refractivity contribution in [1.82, 2.24) is 0 Å². The molecule has 2 amide bonds. The fourth-order valence-corrected chi connectivity index (χ4v) is 3.58. The second-order valence-electron chi connectivity index (χ2n) is 6.04. The van der Waals surface area contributed by atoms with Crippen molar-refractivity contribution in [2.24, 2.45) is 17.8 Å². The number of aryl methyl sites for hydroxylation is 1. The van der Waals surface area contributed by atoms with Gasteiger partial charge in [0.15, 0.2) is 0 Å². The van der Waals surface area contributed by atoms with Crippen LogP contribution in [0, 0.1) is 17.8 Å². The molecule has 3 rings (SSSR count). The van der Waals surface area contributed by atoms with Gasteiger partial charge in [-0.1, -0.05) is 19.9 Å². The van der Waals surface area contributed by atoms with Gasteiger partial charge in [0.25, 0.3) is 0 Å². The van der Waals surface area contributed by atoms with E-state index in [-0.39, 0.29) is 23.7 Å². The SMILES string of the molecule is CCc1ccc(N2C(=O)C3CC(C)CC3C2=O)cc1N. The lowest BCUT2D eigenvalue weighted by Crippen LogP contribution is -2.32. The minimum Gasteiger partial charge on any atom is -0.398 e. The van der Waals surface area contributed by atoms with Crippen LogP contribution in [0.4, 0.5) is 11.4 Å². The number of hydrogen-bond donors (Lipinski definition) is 1. The number of hydrogen-bond acceptors (Lipinski definition) is 3. The fraction of sp³-hybridized carbons (Fsp3) is 0.500. The Kier molecular flexibility index (Phi) is 3.04. The summed E-state index contributed by atoms with van der Waals surface area (Å²) < 4.78 is 0. The van der Waals surface area contributed by atoms with Gasteiger partial charge in [-0.2, -0.15) is 0 Å². The van der Waals surface area contributed by atoms with Crippen LogP contribution < -0.4 is 10.6 Å². The van der Waals surface area contributed by atoms with Crippen LogP contribution in [-0.2, 0) is 16.0 Å². The summed E-state index contributed by atoms with van der Waals surface area (Å²) >= 11 is 0. The van der Waals surface area contributed by atoms with E-state index >= 15 is 0 Å². The molecule has 2 N–H and O–H groups in total. The van der Waals surface area contributed by atoms with Crippen molar-refractivity contribution in [3.05, 3.63) is 23.8 Å². The molecule has 2 aliphatic rings. The number of fused-ring (bicyclic) bond motifs is 1. The monoisotopic (exact) mass is 272 g/mol. The largest absolute Gasteiger partial charge is 0.398 e. The first-order valence-corrected chi connectivity index (χ1v) is 7.29. The predicted octanol–water partition coefficient (Wildman–Crippen LogP) is 2.37. The summed E-state index contributed by atoms with van der Waals surface area (Å²) in [6.07, 6.45) is 2.50. The van der Waals surface area contributed by atoms with Crippen LogP contribution in [0.1, 0.15) is 32.3 Å². The van der Waals surface area contributed by atoms with Gasteiger partial charge in [-0.3, -0.25) is 9.59 Å². The highest BCUT2D eigenvalue weighted by Crippen LogP contribution is 2.44. The second kappa shape index (κ2) is 4.62. The molecule has 4 nitrogen and oxygen atoms in total. The van der Waals surface area contributed by atoms with Gasteiger partial charge in [0.05, 0.1) is 17.5 Å². The first-order valence-electron chi connectivity index (χ1n) is 7.29. The number of carbonyl (C=O) groups is 2. The molecule has 4 heteroatoms. The Morgan fingerprint density at radius 3 is 2.30 bits per heavy atom. The molecule has 0 spiro atoms. The molecule has 2 unspecified atom stereocenters. The Morgan fingerprint density at radius 2 is 1.80 bits per heavy atom. The van der Waals surface area contributed by atoms with E-state index in [1.807, 2.05) is 19.1 Å². The van der Waals surface area contributed by atoms with E-state index in [9.17, 15) is 9.59 Å². The van der Waals surface area contributed by atoms with E-state index in [1.54, 1.807) is 6.07 Å². The van der Waals surface area contributed by atoms with Gasteiger partial charge >= 0.3 is 0 Å². The van der Waals surface area contributed by atoms with Gasteiger partial charge in [0, 0.05) is 5.69 Å². The Bertz CT molecular complexity index is 558. The molecule has 0 aromatic heterocycles.